The van der Waals surface area contributed by atoms with Gasteiger partial charge in [0.15, 0.2) is 10.3 Å². The van der Waals surface area contributed by atoms with E-state index in [-0.39, 0.29) is 23.8 Å². The average Bonchev–Trinajstić information content (AvgIpc) is 2.86. The fourth-order valence-corrected chi connectivity index (χ4v) is 6.17. The number of nitrogens with zero attached hydrogens (tertiary/aromatic N) is 2. The molecule has 5 nitrogen and oxygen atoms in total. The molecule has 2 aromatic rings. The van der Waals surface area contributed by atoms with Crippen molar-refractivity contribution in [3.63, 3.8) is 0 Å². The predicted octanol–water partition coefficient (Wildman–Crippen LogP) is 5.49. The summed E-state index contributed by atoms with van der Waals surface area (Å²) in [6.45, 7) is 9.58. The number of hydrogen-bond acceptors (Lipinski definition) is 5. The molecule has 1 aromatic heterocycles. The Hall–Kier alpha value is -1.18. The van der Waals surface area contributed by atoms with Crippen LogP contribution in [0.5, 0.6) is 0 Å². The Kier molecular flexibility index (Phi) is 5.00. The molecule has 0 amide bonds. The fraction of sp³-hybridized carbons (Fsp3) is 0.565. The molecule has 0 radical (unpaired) electrons. The van der Waals surface area contributed by atoms with Crippen LogP contribution >= 0.6 is 23.2 Å². The molecule has 1 aliphatic heterocycles. The van der Waals surface area contributed by atoms with Crippen LogP contribution in [-0.2, 0) is 26.1 Å². The summed E-state index contributed by atoms with van der Waals surface area (Å²) in [6, 6.07) is 12.1. The molecule has 2 heterocycles. The van der Waals surface area contributed by atoms with E-state index in [1.165, 1.54) is 5.56 Å². The molecule has 164 valence electrons. The lowest BCUT2D eigenvalue weighted by atomic mass is 9.20. The molecule has 3 saturated carbocycles. The van der Waals surface area contributed by atoms with Gasteiger partial charge >= 0.3 is 7.12 Å². The Bertz CT molecular complexity index is 980. The molecule has 8 heteroatoms. The summed E-state index contributed by atoms with van der Waals surface area (Å²) in [4.78, 5) is 0. The second kappa shape index (κ2) is 7.16. The van der Waals surface area contributed by atoms with Crippen LogP contribution < -0.4 is 0 Å². The highest BCUT2D eigenvalue weighted by Crippen LogP contribution is 2.82. The average molecular weight is 461 g/mol. The van der Waals surface area contributed by atoms with Crippen molar-refractivity contribution in [3.05, 3.63) is 57.8 Å². The van der Waals surface area contributed by atoms with Gasteiger partial charge in [-0.2, -0.15) is 0 Å². The van der Waals surface area contributed by atoms with E-state index < -0.39 is 11.2 Å². The minimum absolute atomic E-state index is 0.00494. The number of rotatable bonds is 6. The zero-order valence-corrected chi connectivity index (χ0v) is 19.8. The van der Waals surface area contributed by atoms with Gasteiger partial charge in [0.25, 0.3) is 0 Å². The van der Waals surface area contributed by atoms with E-state index in [1.807, 2.05) is 24.3 Å². The van der Waals surface area contributed by atoms with Crippen LogP contribution in [0.3, 0.4) is 0 Å². The smallest absolute Gasteiger partial charge is 0.403 e. The Morgan fingerprint density at radius 1 is 1.03 bits per heavy atom. The number of hydrogen-bond donors (Lipinski definition) is 0. The van der Waals surface area contributed by atoms with Crippen molar-refractivity contribution < 1.29 is 14.0 Å². The van der Waals surface area contributed by atoms with Gasteiger partial charge in [-0.3, -0.25) is 0 Å². The number of halogens is 2. The van der Waals surface area contributed by atoms with Gasteiger partial charge in [0.1, 0.15) is 0 Å². The summed E-state index contributed by atoms with van der Waals surface area (Å²) >= 11 is 12.7. The lowest BCUT2D eigenvalue weighted by molar-refractivity contribution is -0.190. The molecular formula is C23H27BCl2N2O3. The summed E-state index contributed by atoms with van der Waals surface area (Å²) in [7, 11) is -0.337. The minimum atomic E-state index is -0.398. The second-order valence-corrected chi connectivity index (χ2v) is 11.1. The molecule has 6 rings (SSSR count). The van der Waals surface area contributed by atoms with Crippen molar-refractivity contribution in [1.82, 2.24) is 10.2 Å². The quantitative estimate of drug-likeness (QED) is 0.533. The van der Waals surface area contributed by atoms with Crippen LogP contribution in [0, 0.1) is 5.41 Å². The highest BCUT2D eigenvalue weighted by molar-refractivity contribution is 6.49. The molecule has 1 aromatic carbocycles. The zero-order valence-electron chi connectivity index (χ0n) is 18.3. The maximum atomic E-state index is 6.49. The fourth-order valence-electron chi connectivity index (χ4n) is 5.74. The van der Waals surface area contributed by atoms with Gasteiger partial charge in [0.05, 0.1) is 24.4 Å². The van der Waals surface area contributed by atoms with E-state index in [9.17, 15) is 0 Å². The van der Waals surface area contributed by atoms with Crippen molar-refractivity contribution in [1.29, 1.82) is 0 Å². The highest BCUT2D eigenvalue weighted by Gasteiger charge is 2.81. The van der Waals surface area contributed by atoms with Crippen LogP contribution in [0.15, 0.2) is 36.4 Å². The molecule has 0 N–H and O–H groups in total. The summed E-state index contributed by atoms with van der Waals surface area (Å²) in [6.07, 6.45) is 1.90. The normalized spacial score (nSPS) is 32.5. The third-order valence-electron chi connectivity index (χ3n) is 7.89. The van der Waals surface area contributed by atoms with E-state index in [0.29, 0.717) is 23.5 Å². The highest BCUT2D eigenvalue weighted by atomic mass is 35.5. The SMILES string of the molecule is CC1(C)OB(C2C3(COCc4ccccc4)CC2(c2cc(Cl)nnc2Cl)C3)OC1(C)C. The largest absolute Gasteiger partial charge is 0.462 e. The zero-order chi connectivity index (χ0) is 22.1. The lowest BCUT2D eigenvalue weighted by Crippen LogP contribution is -2.75. The van der Waals surface area contributed by atoms with Gasteiger partial charge in [-0.05, 0) is 57.6 Å². The van der Waals surface area contributed by atoms with Crippen molar-refractivity contribution in [3.8, 4) is 0 Å². The van der Waals surface area contributed by atoms with E-state index in [2.05, 4.69) is 50.0 Å². The van der Waals surface area contributed by atoms with Crippen LogP contribution in [0.2, 0.25) is 16.1 Å². The molecular weight excluding hydrogens is 434 g/mol. The first-order valence-corrected chi connectivity index (χ1v) is 11.5. The standard InChI is InChI=1S/C23H27BCl2N2O3/c1-20(2)21(3,4)31-24(30-20)19-22(14-29-11-15-8-6-5-7-9-15)12-23(19,13-22)16-10-17(25)27-28-18(16)26/h5-10,19H,11-14H2,1-4H3. The van der Waals surface area contributed by atoms with Gasteiger partial charge in [0, 0.05) is 16.8 Å². The van der Waals surface area contributed by atoms with Crippen molar-refractivity contribution in [2.24, 2.45) is 5.41 Å². The van der Waals surface area contributed by atoms with E-state index in [1.54, 1.807) is 0 Å². The molecule has 1 saturated heterocycles. The Morgan fingerprint density at radius 3 is 2.32 bits per heavy atom. The molecule has 31 heavy (non-hydrogen) atoms. The first kappa shape index (κ1) is 21.7. The van der Waals surface area contributed by atoms with E-state index >= 15 is 0 Å². The third-order valence-corrected chi connectivity index (χ3v) is 8.35. The van der Waals surface area contributed by atoms with Gasteiger partial charge in [0.2, 0.25) is 0 Å². The van der Waals surface area contributed by atoms with Gasteiger partial charge in [-0.15, -0.1) is 10.2 Å². The van der Waals surface area contributed by atoms with Gasteiger partial charge < -0.3 is 14.0 Å². The molecule has 4 aliphatic rings. The van der Waals surface area contributed by atoms with Crippen molar-refractivity contribution in [2.75, 3.05) is 6.61 Å². The molecule has 2 bridgehead atoms. The lowest BCUT2D eigenvalue weighted by Gasteiger charge is -2.76. The van der Waals surface area contributed by atoms with Crippen LogP contribution in [0.25, 0.3) is 0 Å². The van der Waals surface area contributed by atoms with E-state index in [0.717, 1.165) is 18.4 Å². The first-order valence-electron chi connectivity index (χ1n) is 10.8. The number of aromatic nitrogens is 2. The maximum absolute atomic E-state index is 6.49. The maximum Gasteiger partial charge on any atom is 0.462 e. The van der Waals surface area contributed by atoms with Gasteiger partial charge in [-0.25, -0.2) is 0 Å². The molecule has 4 fully saturated rings. The monoisotopic (exact) mass is 460 g/mol. The molecule has 1 unspecified atom stereocenters. The summed E-state index contributed by atoms with van der Waals surface area (Å²) < 4.78 is 19.2. The molecule has 1 atom stereocenters. The topological polar surface area (TPSA) is 53.5 Å². The Labute approximate surface area is 193 Å². The molecule has 0 spiro atoms. The summed E-state index contributed by atoms with van der Waals surface area (Å²) in [5.74, 6) is 0.120. The number of ether oxygens (including phenoxy) is 1. The van der Waals surface area contributed by atoms with Crippen LogP contribution in [0.4, 0.5) is 0 Å². The second-order valence-electron chi connectivity index (χ2n) is 10.3. The summed E-state index contributed by atoms with van der Waals surface area (Å²) in [5, 5.41) is 8.72. The molecule has 3 aliphatic carbocycles. The first-order chi connectivity index (χ1) is 14.6. The van der Waals surface area contributed by atoms with E-state index in [4.69, 9.17) is 37.2 Å². The van der Waals surface area contributed by atoms with Crippen LogP contribution in [-0.4, -0.2) is 35.1 Å². The van der Waals surface area contributed by atoms with Gasteiger partial charge in [-0.1, -0.05) is 53.5 Å². The third kappa shape index (κ3) is 3.26. The minimum Gasteiger partial charge on any atom is -0.403 e. The summed E-state index contributed by atoms with van der Waals surface area (Å²) in [5.41, 5.74) is 1.14. The predicted molar refractivity (Wildman–Crippen MR) is 121 cm³/mol. The Morgan fingerprint density at radius 2 is 1.68 bits per heavy atom. The van der Waals surface area contributed by atoms with Crippen molar-refractivity contribution >= 4 is 30.3 Å². The van der Waals surface area contributed by atoms with Crippen LogP contribution in [0.1, 0.15) is 51.7 Å². The number of benzene rings is 1. The van der Waals surface area contributed by atoms with Crippen molar-refractivity contribution in [2.45, 2.75) is 69.6 Å². The Balaban J connectivity index is 1.41.